The molecule has 0 atom stereocenters. The van der Waals surface area contributed by atoms with Crippen LogP contribution in [0.1, 0.15) is 37.6 Å². The molecule has 0 heterocycles. The SMILES string of the molecule is CCC(C)(C)N(C)C(=O)c1ccc(I)c(Cl)c1. The molecular formula is C13H17ClINO. The van der Waals surface area contributed by atoms with Gasteiger partial charge in [0.15, 0.2) is 0 Å². The number of hydrogen-bond donors (Lipinski definition) is 0. The van der Waals surface area contributed by atoms with Crippen LogP contribution >= 0.6 is 34.2 Å². The Balaban J connectivity index is 3.01. The second-order valence-corrected chi connectivity index (χ2v) is 6.23. The molecule has 0 aliphatic carbocycles. The number of rotatable bonds is 3. The van der Waals surface area contributed by atoms with Gasteiger partial charge in [-0.05, 0) is 61.1 Å². The lowest BCUT2D eigenvalue weighted by Gasteiger charge is -2.35. The van der Waals surface area contributed by atoms with E-state index in [4.69, 9.17) is 11.6 Å². The van der Waals surface area contributed by atoms with E-state index in [2.05, 4.69) is 43.4 Å². The summed E-state index contributed by atoms with van der Waals surface area (Å²) in [5.74, 6) is 0.00940. The lowest BCUT2D eigenvalue weighted by molar-refractivity contribution is 0.0620. The van der Waals surface area contributed by atoms with Crippen LogP contribution in [-0.4, -0.2) is 23.4 Å². The average Bonchev–Trinajstić information content (AvgIpc) is 2.30. The quantitative estimate of drug-likeness (QED) is 0.735. The number of amides is 1. The Labute approximate surface area is 121 Å². The highest BCUT2D eigenvalue weighted by Crippen LogP contribution is 2.23. The van der Waals surface area contributed by atoms with Gasteiger partial charge < -0.3 is 4.90 Å². The molecule has 0 bridgehead atoms. The first-order valence-electron chi connectivity index (χ1n) is 5.53. The summed E-state index contributed by atoms with van der Waals surface area (Å²) in [4.78, 5) is 14.0. The molecule has 2 nitrogen and oxygen atoms in total. The molecule has 1 aromatic carbocycles. The molecule has 1 aromatic rings. The predicted octanol–water partition coefficient (Wildman–Crippen LogP) is 4.21. The Kier molecular flexibility index (Phi) is 4.84. The maximum atomic E-state index is 12.3. The smallest absolute Gasteiger partial charge is 0.254 e. The highest BCUT2D eigenvalue weighted by Gasteiger charge is 2.26. The lowest BCUT2D eigenvalue weighted by Crippen LogP contribution is -2.44. The van der Waals surface area contributed by atoms with Crippen LogP contribution in [0.3, 0.4) is 0 Å². The molecule has 1 amide bonds. The molecule has 0 unspecified atom stereocenters. The van der Waals surface area contributed by atoms with Crippen LogP contribution in [0.5, 0.6) is 0 Å². The standard InChI is InChI=1S/C13H17ClINO/c1-5-13(2,3)16(4)12(17)9-6-7-11(15)10(14)8-9/h6-8H,5H2,1-4H3. The van der Waals surface area contributed by atoms with Crippen molar-refractivity contribution in [2.24, 2.45) is 0 Å². The summed E-state index contributed by atoms with van der Waals surface area (Å²) in [7, 11) is 1.83. The van der Waals surface area contributed by atoms with Crippen molar-refractivity contribution in [3.05, 3.63) is 32.4 Å². The van der Waals surface area contributed by atoms with Crippen molar-refractivity contribution in [3.8, 4) is 0 Å². The van der Waals surface area contributed by atoms with Gasteiger partial charge in [-0.3, -0.25) is 4.79 Å². The highest BCUT2D eigenvalue weighted by molar-refractivity contribution is 14.1. The van der Waals surface area contributed by atoms with Gasteiger partial charge in [-0.15, -0.1) is 0 Å². The average molecular weight is 366 g/mol. The second kappa shape index (κ2) is 5.57. The van der Waals surface area contributed by atoms with Crippen molar-refractivity contribution >= 4 is 40.1 Å². The van der Waals surface area contributed by atoms with E-state index < -0.39 is 0 Å². The van der Waals surface area contributed by atoms with E-state index in [1.807, 2.05) is 19.2 Å². The van der Waals surface area contributed by atoms with E-state index in [0.717, 1.165) is 9.99 Å². The Hall–Kier alpha value is -0.290. The molecule has 0 saturated heterocycles. The van der Waals surface area contributed by atoms with Crippen LogP contribution in [-0.2, 0) is 0 Å². The maximum Gasteiger partial charge on any atom is 0.254 e. The second-order valence-electron chi connectivity index (χ2n) is 4.66. The summed E-state index contributed by atoms with van der Waals surface area (Å²) >= 11 is 8.18. The first-order valence-corrected chi connectivity index (χ1v) is 6.98. The van der Waals surface area contributed by atoms with Crippen LogP contribution in [0.2, 0.25) is 5.02 Å². The summed E-state index contributed by atoms with van der Waals surface area (Å²) in [6.45, 7) is 6.18. The molecule has 0 fully saturated rings. The van der Waals surface area contributed by atoms with Gasteiger partial charge in [-0.2, -0.15) is 0 Å². The molecule has 0 aliphatic heterocycles. The van der Waals surface area contributed by atoms with Crippen LogP contribution in [0.4, 0.5) is 0 Å². The largest absolute Gasteiger partial charge is 0.337 e. The lowest BCUT2D eigenvalue weighted by atomic mass is 9.99. The number of carbonyl (C=O) groups excluding carboxylic acids is 1. The fourth-order valence-electron chi connectivity index (χ4n) is 1.33. The third-order valence-corrected chi connectivity index (χ3v) is 4.82. The van der Waals surface area contributed by atoms with Gasteiger partial charge in [-0.25, -0.2) is 0 Å². The van der Waals surface area contributed by atoms with Gasteiger partial charge in [0.05, 0.1) is 5.02 Å². The normalized spacial score (nSPS) is 11.4. The number of hydrogen-bond acceptors (Lipinski definition) is 1. The molecule has 0 spiro atoms. The summed E-state index contributed by atoms with van der Waals surface area (Å²) < 4.78 is 0.957. The number of halogens is 2. The zero-order valence-corrected chi connectivity index (χ0v) is 13.5. The van der Waals surface area contributed by atoms with Crippen molar-refractivity contribution < 1.29 is 4.79 Å². The minimum Gasteiger partial charge on any atom is -0.337 e. The van der Waals surface area contributed by atoms with E-state index in [1.54, 1.807) is 11.0 Å². The van der Waals surface area contributed by atoms with Crippen molar-refractivity contribution in [2.45, 2.75) is 32.7 Å². The molecular weight excluding hydrogens is 349 g/mol. The number of nitrogens with zero attached hydrogens (tertiary/aromatic N) is 1. The van der Waals surface area contributed by atoms with E-state index in [0.29, 0.717) is 10.6 Å². The van der Waals surface area contributed by atoms with Gasteiger partial charge in [0.2, 0.25) is 0 Å². The van der Waals surface area contributed by atoms with Crippen molar-refractivity contribution in [1.29, 1.82) is 0 Å². The van der Waals surface area contributed by atoms with E-state index in [1.165, 1.54) is 0 Å². The molecule has 0 aliphatic rings. The molecule has 4 heteroatoms. The summed E-state index contributed by atoms with van der Waals surface area (Å²) in [5, 5.41) is 0.624. The summed E-state index contributed by atoms with van der Waals surface area (Å²) in [5.41, 5.74) is 0.492. The third-order valence-electron chi connectivity index (χ3n) is 3.24. The van der Waals surface area contributed by atoms with Gasteiger partial charge in [0.1, 0.15) is 0 Å². The van der Waals surface area contributed by atoms with Crippen molar-refractivity contribution in [3.63, 3.8) is 0 Å². The molecule has 0 radical (unpaired) electrons. The summed E-state index contributed by atoms with van der Waals surface area (Å²) in [6, 6.07) is 5.41. The first-order chi connectivity index (χ1) is 7.79. The minimum atomic E-state index is -0.146. The van der Waals surface area contributed by atoms with Gasteiger partial charge >= 0.3 is 0 Å². The number of carbonyl (C=O) groups is 1. The fraction of sp³-hybridized carbons (Fsp3) is 0.462. The zero-order valence-electron chi connectivity index (χ0n) is 10.6. The highest BCUT2D eigenvalue weighted by atomic mass is 127. The fourth-order valence-corrected chi connectivity index (χ4v) is 1.85. The Morgan fingerprint density at radius 3 is 2.53 bits per heavy atom. The van der Waals surface area contributed by atoms with Crippen LogP contribution in [0.15, 0.2) is 18.2 Å². The molecule has 0 N–H and O–H groups in total. The predicted molar refractivity (Wildman–Crippen MR) is 80.6 cm³/mol. The Morgan fingerprint density at radius 2 is 2.06 bits per heavy atom. The minimum absolute atomic E-state index is 0.00940. The molecule has 17 heavy (non-hydrogen) atoms. The number of benzene rings is 1. The van der Waals surface area contributed by atoms with E-state index in [-0.39, 0.29) is 11.4 Å². The van der Waals surface area contributed by atoms with Crippen LogP contribution < -0.4 is 0 Å². The molecule has 1 rings (SSSR count). The van der Waals surface area contributed by atoms with Crippen LogP contribution in [0, 0.1) is 3.57 Å². The summed E-state index contributed by atoms with van der Waals surface area (Å²) in [6.07, 6.45) is 0.910. The van der Waals surface area contributed by atoms with Crippen molar-refractivity contribution in [2.75, 3.05) is 7.05 Å². The maximum absolute atomic E-state index is 12.3. The van der Waals surface area contributed by atoms with Gasteiger partial charge in [0.25, 0.3) is 5.91 Å². The monoisotopic (exact) mass is 365 g/mol. The molecule has 0 saturated carbocycles. The first kappa shape index (κ1) is 14.8. The third kappa shape index (κ3) is 3.35. The van der Waals surface area contributed by atoms with Crippen LogP contribution in [0.25, 0.3) is 0 Å². The van der Waals surface area contributed by atoms with E-state index >= 15 is 0 Å². The van der Waals surface area contributed by atoms with E-state index in [9.17, 15) is 4.79 Å². The Morgan fingerprint density at radius 1 is 1.47 bits per heavy atom. The molecule has 94 valence electrons. The molecule has 0 aromatic heterocycles. The Bertz CT molecular complexity index is 431. The van der Waals surface area contributed by atoms with Gasteiger partial charge in [0, 0.05) is 21.7 Å². The zero-order chi connectivity index (χ0) is 13.2. The van der Waals surface area contributed by atoms with Gasteiger partial charge in [-0.1, -0.05) is 18.5 Å². The van der Waals surface area contributed by atoms with Crippen molar-refractivity contribution in [1.82, 2.24) is 4.90 Å². The topological polar surface area (TPSA) is 20.3 Å².